The Labute approximate surface area is 602 Å². The van der Waals surface area contributed by atoms with Crippen LogP contribution in [0.1, 0.15) is 125 Å². The van der Waals surface area contributed by atoms with E-state index in [0.717, 1.165) is 4.90 Å². The zero-order valence-electron chi connectivity index (χ0n) is 61.5. The van der Waals surface area contributed by atoms with Crippen LogP contribution in [-0.2, 0) is 73.4 Å². The summed E-state index contributed by atoms with van der Waals surface area (Å²) in [6.07, 6.45) is -17.2. The molecule has 32 nitrogen and oxygen atoms in total. The van der Waals surface area contributed by atoms with Gasteiger partial charge in [-0.3, -0.25) is 43.3 Å². The quantitative estimate of drug-likeness (QED) is 0.0420. The number of carboxylic acids is 1. The molecule has 32 heteroatoms. The summed E-state index contributed by atoms with van der Waals surface area (Å²) >= 11 is 0. The van der Waals surface area contributed by atoms with Gasteiger partial charge < -0.3 is 111 Å². The van der Waals surface area contributed by atoms with Gasteiger partial charge in [-0.2, -0.15) is 0 Å². The molecule has 1 saturated carbocycles. The zero-order valence-corrected chi connectivity index (χ0v) is 61.5. The van der Waals surface area contributed by atoms with Crippen molar-refractivity contribution in [2.45, 2.75) is 230 Å². The number of anilines is 1. The first kappa shape index (κ1) is 86.6. The van der Waals surface area contributed by atoms with Gasteiger partial charge in [0.05, 0.1) is 74.0 Å². The summed E-state index contributed by atoms with van der Waals surface area (Å²) in [4.78, 5) is 129. The highest BCUT2D eigenvalue weighted by Gasteiger charge is 2.50. The number of amides is 8. The van der Waals surface area contributed by atoms with Crippen molar-refractivity contribution in [3.05, 3.63) is 65.7 Å². The lowest BCUT2D eigenvalue weighted by molar-refractivity contribution is -0.301. The molecule has 3 fully saturated rings. The molecule has 2 aromatic rings. The third kappa shape index (κ3) is 22.7. The van der Waals surface area contributed by atoms with Crippen LogP contribution in [0.4, 0.5) is 10.5 Å². The van der Waals surface area contributed by atoms with Crippen LogP contribution in [0.25, 0.3) is 0 Å². The van der Waals surface area contributed by atoms with E-state index in [9.17, 15) is 84.0 Å². The summed E-state index contributed by atoms with van der Waals surface area (Å²) in [6.45, 7) is 16.1. The lowest BCUT2D eigenvalue weighted by Gasteiger charge is -2.41. The molecule has 2 aromatic carbocycles. The Kier molecular flexibility index (Phi) is 34.0. The number of hydrogen-bond donors (Lipinski definition) is 14. The molecule has 5 rings (SSSR count). The second kappa shape index (κ2) is 40.4. The molecule has 2 aliphatic heterocycles. The number of rotatable bonds is 37. The van der Waals surface area contributed by atoms with Gasteiger partial charge in [-0.05, 0) is 73.1 Å². The first-order chi connectivity index (χ1) is 48.6. The number of nitrogens with zero attached hydrogens (tertiary/aromatic N) is 3. The molecule has 103 heavy (non-hydrogen) atoms. The van der Waals surface area contributed by atoms with Crippen LogP contribution in [0.5, 0.6) is 0 Å². The maximum Gasteiger partial charge on any atom is 0.410 e. The van der Waals surface area contributed by atoms with Crippen molar-refractivity contribution in [2.24, 2.45) is 41.2 Å². The highest BCUT2D eigenvalue weighted by Crippen LogP contribution is 2.35. The van der Waals surface area contributed by atoms with E-state index in [2.05, 4.69) is 26.6 Å². The molecule has 580 valence electrons. The van der Waals surface area contributed by atoms with Crippen LogP contribution in [0.2, 0.25) is 0 Å². The number of methoxy groups -OCH3 is 2. The number of likely N-dealkylation sites (N-methyl/N-ethyl adjacent to an activating group) is 2. The smallest absolute Gasteiger partial charge is 0.410 e. The summed E-state index contributed by atoms with van der Waals surface area (Å²) in [6, 6.07) is 7.73. The van der Waals surface area contributed by atoms with Gasteiger partial charge in [0.1, 0.15) is 73.5 Å². The number of ether oxygens (including phenoxy) is 6. The molecule has 22 atom stereocenters. The molecule has 3 aliphatic rings. The third-order valence-corrected chi connectivity index (χ3v) is 19.8. The molecular weight excluding hydrogens is 1350 g/mol. The van der Waals surface area contributed by atoms with Crippen LogP contribution < -0.4 is 32.3 Å². The molecule has 15 N–H and O–H groups in total. The van der Waals surface area contributed by atoms with E-state index in [4.69, 9.17) is 34.2 Å². The largest absolute Gasteiger partial charge is 0.481 e. The summed E-state index contributed by atoms with van der Waals surface area (Å²) in [5, 5.41) is 96.4. The standard InChI is InChI=1S/C71H113N9O23/c1-15-38(8)55(47(98-13)31-51(83)80-29-19-22-46(80)62(99-14)39(9)64(90)73-40(10)63(42-20-17-16-18-21-42)102-48-30-44(69(95)96)56(84)59(87)57(48)85)78(11)68(94)53(36(4)5)77-67(93)54(37(6)7)79(12)71(97)101-33-41-23-25-43(26-24-41)74-65(91)45(75-66(92)52(35(2)3)76-50(82)27-28-72)34-100-70-61(89)60(88)58(86)49(32-81)103-70/h16-18,20-21,23-26,35-40,44-49,52-63,70,81,84-89H,15,19,22,27-34,72H2,1-14H3,(H,73,90)(H,74,91)(H,75,92)(H,76,82)(H,77,93)(H,95,96). The minimum Gasteiger partial charge on any atom is -0.481 e. The Hall–Kier alpha value is -7.05. The molecule has 0 aromatic heterocycles. The Bertz CT molecular complexity index is 3080. The molecule has 8 amide bonds. The number of aliphatic hydroxyl groups is 7. The molecular formula is C71H113N9O23. The van der Waals surface area contributed by atoms with Crippen LogP contribution in [-0.4, -0.2) is 273 Å². The van der Waals surface area contributed by atoms with Gasteiger partial charge in [0.2, 0.25) is 41.4 Å². The Morgan fingerprint density at radius 3 is 1.90 bits per heavy atom. The molecule has 0 radical (unpaired) electrons. The van der Waals surface area contributed by atoms with Crippen LogP contribution in [0.3, 0.4) is 0 Å². The van der Waals surface area contributed by atoms with E-state index in [-0.39, 0.29) is 49.9 Å². The SMILES string of the molecule is CCC(C)C(C(CC(=O)N1CCCC1C(OC)C(C)C(=O)NC(C)C(OC1CC(C(=O)O)C(O)C(O)C1O)c1ccccc1)OC)N(C)C(=O)C(NC(=O)C(C(C)C)N(C)C(=O)OCc1ccc(NC(=O)C(COC2OC(CO)C(O)C(O)C2O)NC(=O)C(NC(=O)CCN)C(C)C)cc1)C(C)C. The Morgan fingerprint density at radius 2 is 1.34 bits per heavy atom. The predicted octanol–water partition coefficient (Wildman–Crippen LogP) is -0.112. The summed E-state index contributed by atoms with van der Waals surface area (Å²) in [7, 11) is 5.89. The van der Waals surface area contributed by atoms with E-state index in [1.807, 2.05) is 13.8 Å². The van der Waals surface area contributed by atoms with E-state index < -0.39 is 206 Å². The van der Waals surface area contributed by atoms with E-state index >= 15 is 0 Å². The Balaban J connectivity index is 1.24. The first-order valence-corrected chi connectivity index (χ1v) is 35.3. The summed E-state index contributed by atoms with van der Waals surface area (Å²) in [5.74, 6) is -9.40. The number of carbonyl (C=O) groups excluding carboxylic acids is 8. The monoisotopic (exact) mass is 1460 g/mol. The van der Waals surface area contributed by atoms with Gasteiger partial charge in [0, 0.05) is 53.5 Å². The van der Waals surface area contributed by atoms with Crippen molar-refractivity contribution < 1.29 is 112 Å². The van der Waals surface area contributed by atoms with E-state index in [0.29, 0.717) is 36.9 Å². The second-order valence-corrected chi connectivity index (χ2v) is 28.2. The number of carboxylic acid groups (broad SMARTS) is 1. The lowest BCUT2D eigenvalue weighted by Crippen LogP contribution is -2.60. The van der Waals surface area contributed by atoms with Gasteiger partial charge in [-0.1, -0.05) is 111 Å². The molecule has 0 spiro atoms. The number of carbonyl (C=O) groups is 9. The lowest BCUT2D eigenvalue weighted by atomic mass is 9.80. The topological polar surface area (TPSA) is 467 Å². The van der Waals surface area contributed by atoms with Crippen molar-refractivity contribution in [3.63, 3.8) is 0 Å². The fraction of sp³-hybridized carbons (Fsp3) is 0.704. The highest BCUT2D eigenvalue weighted by atomic mass is 16.7. The van der Waals surface area contributed by atoms with Crippen LogP contribution in [0, 0.1) is 35.5 Å². The fourth-order valence-electron chi connectivity index (χ4n) is 13.5. The first-order valence-electron chi connectivity index (χ1n) is 35.3. The molecule has 2 saturated heterocycles. The van der Waals surface area contributed by atoms with Crippen molar-refractivity contribution >= 4 is 59.1 Å². The molecule has 2 heterocycles. The minimum absolute atomic E-state index is 0.0127. The Morgan fingerprint density at radius 1 is 0.709 bits per heavy atom. The number of benzene rings is 2. The van der Waals surface area contributed by atoms with Crippen molar-refractivity contribution in [2.75, 3.05) is 59.9 Å². The molecule has 22 unspecified atom stereocenters. The molecule has 1 aliphatic carbocycles. The van der Waals surface area contributed by atoms with Gasteiger partial charge in [0.15, 0.2) is 6.29 Å². The van der Waals surface area contributed by atoms with E-state index in [1.165, 1.54) is 50.4 Å². The van der Waals surface area contributed by atoms with Gasteiger partial charge >= 0.3 is 12.1 Å². The number of likely N-dealkylation sites (tertiary alicyclic amines) is 1. The number of nitrogens with two attached hydrogens (primary N) is 1. The van der Waals surface area contributed by atoms with Crippen molar-refractivity contribution in [1.82, 2.24) is 36.0 Å². The van der Waals surface area contributed by atoms with Gasteiger partial charge in [-0.15, -0.1) is 0 Å². The number of aliphatic carboxylic acids is 1. The van der Waals surface area contributed by atoms with Gasteiger partial charge in [0.25, 0.3) is 0 Å². The average Bonchev–Trinajstić information content (AvgIpc) is 1.50. The number of hydrogen-bond acceptors (Lipinski definition) is 23. The highest BCUT2D eigenvalue weighted by molar-refractivity contribution is 5.99. The zero-order chi connectivity index (χ0) is 77.0. The predicted molar refractivity (Wildman–Crippen MR) is 372 cm³/mol. The minimum atomic E-state index is -1.83. The van der Waals surface area contributed by atoms with Crippen LogP contribution in [0.15, 0.2) is 54.6 Å². The van der Waals surface area contributed by atoms with Crippen molar-refractivity contribution in [3.8, 4) is 0 Å². The normalized spacial score (nSPS) is 25.3. The average molecular weight is 1460 g/mol. The third-order valence-electron chi connectivity index (χ3n) is 19.8. The number of nitrogens with one attached hydrogen (secondary N) is 5. The number of aliphatic hydroxyl groups excluding tert-OH is 7. The van der Waals surface area contributed by atoms with Gasteiger partial charge in [-0.25, -0.2) is 4.79 Å². The molecule has 0 bridgehead atoms. The fourth-order valence-corrected chi connectivity index (χ4v) is 13.5. The maximum absolute atomic E-state index is 14.9. The maximum atomic E-state index is 14.9. The second-order valence-electron chi connectivity index (χ2n) is 28.2. The van der Waals surface area contributed by atoms with Crippen molar-refractivity contribution in [1.29, 1.82) is 0 Å². The van der Waals surface area contributed by atoms with E-state index in [1.54, 1.807) is 97.7 Å². The summed E-state index contributed by atoms with van der Waals surface area (Å²) < 4.78 is 35.3. The van der Waals surface area contributed by atoms with Crippen LogP contribution >= 0.6 is 0 Å². The summed E-state index contributed by atoms with van der Waals surface area (Å²) in [5.41, 5.74) is 6.76.